The van der Waals surface area contributed by atoms with Crippen LogP contribution in [0.1, 0.15) is 33.4 Å². The first-order valence-corrected chi connectivity index (χ1v) is 33.5. The minimum absolute atomic E-state index is 0. The molecule has 2 N–H and O–H groups in total. The second-order valence-electron chi connectivity index (χ2n) is 20.6. The molecule has 480 valence electrons. The van der Waals surface area contributed by atoms with Gasteiger partial charge in [0, 0.05) is 12.1 Å². The van der Waals surface area contributed by atoms with E-state index in [1.165, 1.54) is 30.3 Å². The Morgan fingerprint density at radius 1 is 0.344 bits per heavy atom. The molecular weight excluding hydrogens is 1340 g/mol. The van der Waals surface area contributed by atoms with Gasteiger partial charge in [0.2, 0.25) is 0 Å². The molecule has 10 aromatic carbocycles. The standard InChI is InChI=1S/2C33H28N4O8S2.2Na/c2*1-21-12-15-25(16-13-21)46(39,40)37-36-29-20-26(47(41,42)43)19-28(33(29)38)35-34-27-17-14-24(44-30-10-6-4-8-22(30)2)18-32(27)45-31-11-7-5-9-23(31)3;;/h2*4-20,38H,1-3H3,(H,41,42,43);;/q;;2*+1/p-2. The topological polar surface area (TPSA) is 359 Å². The fraction of sp³-hybridized carbons (Fsp3) is 0.0909. The smallest absolute Gasteiger partial charge is 0.869 e. The Kier molecular flexibility index (Phi) is 25.0. The summed E-state index contributed by atoms with van der Waals surface area (Å²) in [6.45, 7) is 11.0. The quantitative estimate of drug-likeness (QED) is 0.0407. The van der Waals surface area contributed by atoms with Crippen LogP contribution in [0, 0.1) is 41.5 Å². The summed E-state index contributed by atoms with van der Waals surface area (Å²) in [5, 5.41) is 47.4. The molecule has 0 fully saturated rings. The van der Waals surface area contributed by atoms with Gasteiger partial charge < -0.3 is 33.7 Å². The number of hydrogen-bond acceptors (Lipinski definition) is 21. The number of ether oxygens (including phenoxy) is 4. The van der Waals surface area contributed by atoms with Crippen molar-refractivity contribution in [2.75, 3.05) is 0 Å². The van der Waals surface area contributed by atoms with Crippen molar-refractivity contribution in [2.24, 2.45) is 39.7 Å². The molecule has 96 heavy (non-hydrogen) atoms. The maximum Gasteiger partial charge on any atom is 1.00 e. The molecule has 0 aliphatic heterocycles. The molecule has 0 radical (unpaired) electrons. The second-order valence-corrected chi connectivity index (χ2v) is 26.6. The van der Waals surface area contributed by atoms with Crippen LogP contribution >= 0.6 is 0 Å². The van der Waals surface area contributed by atoms with Gasteiger partial charge in [0.25, 0.3) is 30.2 Å². The molecule has 24 nitrogen and oxygen atoms in total. The predicted octanol–water partition coefficient (Wildman–Crippen LogP) is 11.1. The van der Waals surface area contributed by atoms with E-state index in [0.717, 1.165) is 51.6 Å². The van der Waals surface area contributed by atoms with Gasteiger partial charge in [-0.1, -0.05) is 123 Å². The largest absolute Gasteiger partial charge is 1.00 e. The second kappa shape index (κ2) is 32.2. The van der Waals surface area contributed by atoms with Crippen molar-refractivity contribution in [1.29, 1.82) is 0 Å². The van der Waals surface area contributed by atoms with E-state index in [9.17, 15) is 53.0 Å². The summed E-state index contributed by atoms with van der Waals surface area (Å²) in [5.41, 5.74) is 2.93. The van der Waals surface area contributed by atoms with Crippen molar-refractivity contribution >= 4 is 74.4 Å². The summed E-state index contributed by atoms with van der Waals surface area (Å²) in [5.74, 6) is 1.71. The van der Waals surface area contributed by atoms with Gasteiger partial charge >= 0.3 is 59.1 Å². The minimum Gasteiger partial charge on any atom is -0.869 e. The summed E-state index contributed by atoms with van der Waals surface area (Å²) in [4.78, 5) is -1.99. The number of nitrogens with zero attached hydrogens (tertiary/aromatic N) is 8. The van der Waals surface area contributed by atoms with Gasteiger partial charge in [-0.3, -0.25) is 4.55 Å². The zero-order valence-electron chi connectivity index (χ0n) is 52.5. The van der Waals surface area contributed by atoms with Crippen molar-refractivity contribution in [2.45, 2.75) is 61.1 Å². The minimum atomic E-state index is -5.13. The third-order valence-corrected chi connectivity index (χ3v) is 17.4. The van der Waals surface area contributed by atoms with E-state index in [4.69, 9.17) is 18.9 Å². The van der Waals surface area contributed by atoms with E-state index in [0.29, 0.717) is 40.6 Å². The summed E-state index contributed by atoms with van der Waals surface area (Å²) < 4.78 is 151. The summed E-state index contributed by atoms with van der Waals surface area (Å²) in [6, 6.07) is 53.2. The Labute approximate surface area is 598 Å². The average Bonchev–Trinajstić information content (AvgIpc) is 0.808. The Balaban J connectivity index is 0.000000265. The first kappa shape index (κ1) is 74.5. The van der Waals surface area contributed by atoms with Gasteiger partial charge in [-0.25, -0.2) is 8.42 Å². The molecule has 10 aromatic rings. The zero-order valence-corrected chi connectivity index (χ0v) is 59.7. The fourth-order valence-corrected chi connectivity index (χ4v) is 10.9. The van der Waals surface area contributed by atoms with E-state index >= 15 is 0 Å². The van der Waals surface area contributed by atoms with Crippen LogP contribution in [0.2, 0.25) is 0 Å². The number of benzene rings is 10. The maximum absolute atomic E-state index is 13.2. The number of sulfonamides is 2. The van der Waals surface area contributed by atoms with E-state index in [2.05, 4.69) is 39.7 Å². The average molecular weight is 1390 g/mol. The Hall–Kier alpha value is -8.88. The number of phenols is 1. The molecule has 0 amide bonds. The number of hydrogen-bond donors (Lipinski definition) is 2. The van der Waals surface area contributed by atoms with Crippen LogP contribution in [-0.2, 0) is 40.3 Å². The maximum atomic E-state index is 13.2. The Bertz CT molecular complexity index is 4810. The van der Waals surface area contributed by atoms with Gasteiger partial charge in [0.05, 0.1) is 31.0 Å². The number of aryl methyl sites for hydroxylation is 6. The van der Waals surface area contributed by atoms with E-state index in [1.54, 1.807) is 98.8 Å². The normalized spacial score (nSPS) is 11.8. The van der Waals surface area contributed by atoms with Gasteiger partial charge in [-0.15, -0.1) is 25.6 Å². The summed E-state index contributed by atoms with van der Waals surface area (Å²) in [7, 11) is -18.7. The SMILES string of the molecule is Cc1ccc(S(=O)(=O)N=Nc2cc(S(=O)(=O)O)cc(N=Nc3ccc(Oc4ccccc4C)cc3Oc3ccccc3C)c2O)cc1.Cc1ccc(S(=O)(=O)N=Nc2cc(S(=O)(=O)[O-])cc(N=Nc3ccc(Oc4ccccc4C)cc3Oc3ccccc3C)c2[O-])cc1.[Na+].[Na+]. The van der Waals surface area contributed by atoms with Crippen LogP contribution in [0.15, 0.2) is 266 Å². The molecule has 30 heteroatoms. The molecule has 0 saturated heterocycles. The van der Waals surface area contributed by atoms with E-state index < -0.39 is 84.3 Å². The molecule has 0 aliphatic carbocycles. The summed E-state index contributed by atoms with van der Waals surface area (Å²) in [6.07, 6.45) is 0. The molecule has 0 bridgehead atoms. The number of para-hydroxylation sites is 4. The van der Waals surface area contributed by atoms with Crippen LogP contribution in [0.3, 0.4) is 0 Å². The molecular formula is C66H54N8Na2O16S4. The Morgan fingerprint density at radius 2 is 0.656 bits per heavy atom. The Morgan fingerprint density at radius 3 is 1.02 bits per heavy atom. The van der Waals surface area contributed by atoms with Crippen molar-refractivity contribution < 1.29 is 131 Å². The predicted molar refractivity (Wildman–Crippen MR) is 344 cm³/mol. The monoisotopic (exact) mass is 1390 g/mol. The molecule has 0 unspecified atom stereocenters. The number of phenolic OH excluding ortho intramolecular Hbond substituents is 1. The van der Waals surface area contributed by atoms with Crippen LogP contribution < -0.4 is 83.2 Å². The van der Waals surface area contributed by atoms with Gasteiger partial charge in [0.15, 0.2) is 17.2 Å². The van der Waals surface area contributed by atoms with Crippen molar-refractivity contribution in [1.82, 2.24) is 0 Å². The number of aromatic hydroxyl groups is 1. The van der Waals surface area contributed by atoms with Crippen LogP contribution in [-0.4, -0.2) is 47.9 Å². The molecule has 0 aromatic heterocycles. The van der Waals surface area contributed by atoms with Crippen molar-refractivity contribution in [3.05, 3.63) is 240 Å². The van der Waals surface area contributed by atoms with Crippen molar-refractivity contribution in [3.8, 4) is 57.5 Å². The van der Waals surface area contributed by atoms with Crippen LogP contribution in [0.25, 0.3) is 0 Å². The van der Waals surface area contributed by atoms with E-state index in [1.807, 2.05) is 94.4 Å². The zero-order chi connectivity index (χ0) is 67.5. The van der Waals surface area contributed by atoms with Gasteiger partial charge in [0.1, 0.15) is 67.4 Å². The van der Waals surface area contributed by atoms with Gasteiger partial charge in [-0.05, 0) is 161 Å². The molecule has 0 saturated carbocycles. The molecule has 10 rings (SSSR count). The molecule has 0 spiro atoms. The third kappa shape index (κ3) is 19.6. The first-order valence-electron chi connectivity index (χ1n) is 27.8. The fourth-order valence-electron chi connectivity index (χ4n) is 8.29. The summed E-state index contributed by atoms with van der Waals surface area (Å²) >= 11 is 0. The van der Waals surface area contributed by atoms with E-state index in [-0.39, 0.29) is 91.8 Å². The molecule has 0 aliphatic rings. The van der Waals surface area contributed by atoms with Crippen molar-refractivity contribution in [3.63, 3.8) is 0 Å². The molecule has 0 atom stereocenters. The first-order chi connectivity index (χ1) is 44.6. The van der Waals surface area contributed by atoms with Gasteiger partial charge in [-0.2, -0.15) is 30.4 Å². The number of azo groups is 2. The molecule has 0 heterocycles. The third-order valence-electron chi connectivity index (χ3n) is 13.5. The van der Waals surface area contributed by atoms with Crippen LogP contribution in [0.5, 0.6) is 57.5 Å². The van der Waals surface area contributed by atoms with Crippen LogP contribution in [0.4, 0.5) is 34.1 Å². The number of rotatable bonds is 20.